The van der Waals surface area contributed by atoms with E-state index in [9.17, 15) is 0 Å². The van der Waals surface area contributed by atoms with E-state index in [0.29, 0.717) is 0 Å². The van der Waals surface area contributed by atoms with Crippen LogP contribution < -0.4 is 0 Å². The van der Waals surface area contributed by atoms with Crippen molar-refractivity contribution in [3.05, 3.63) is 6.92 Å². The fourth-order valence-electron chi connectivity index (χ4n) is 1.86. The first kappa shape index (κ1) is 19.4. The molecule has 94 valence electrons. The molecule has 0 atom stereocenters. The van der Waals surface area contributed by atoms with E-state index in [1.165, 1.54) is 80.6 Å². The van der Waals surface area contributed by atoms with Gasteiger partial charge in [-0.05, 0) is 0 Å². The van der Waals surface area contributed by atoms with Crippen molar-refractivity contribution in [1.29, 1.82) is 0 Å². The van der Waals surface area contributed by atoms with Crippen LogP contribution in [0.5, 0.6) is 0 Å². The summed E-state index contributed by atoms with van der Waals surface area (Å²) in [7, 11) is 0. The van der Waals surface area contributed by atoms with Gasteiger partial charge in [0, 0.05) is 0 Å². The van der Waals surface area contributed by atoms with Gasteiger partial charge in [0.25, 0.3) is 0 Å². The van der Waals surface area contributed by atoms with E-state index >= 15 is 0 Å². The minimum absolute atomic E-state index is 0.726. The molecule has 0 amide bonds. The van der Waals surface area contributed by atoms with Crippen LogP contribution in [-0.4, -0.2) is 0 Å². The van der Waals surface area contributed by atoms with E-state index < -0.39 is 0 Å². The zero-order valence-electron chi connectivity index (χ0n) is 11.4. The third-order valence-corrected chi connectivity index (χ3v) is 2.93. The fourth-order valence-corrected chi connectivity index (χ4v) is 1.86. The van der Waals surface area contributed by atoms with Crippen molar-refractivity contribution < 1.29 is 16.3 Å². The molecule has 0 aromatic rings. The Labute approximate surface area is 120 Å². The fraction of sp³-hybridized carbons (Fsp3) is 0.929. The molecule has 0 aromatic carbocycles. The van der Waals surface area contributed by atoms with Crippen molar-refractivity contribution in [2.24, 2.45) is 5.92 Å². The maximum atomic E-state index is 4.23. The number of halogens is 1. The van der Waals surface area contributed by atoms with Gasteiger partial charge in [0.05, 0.1) is 0 Å². The number of unbranched alkanes of at least 4 members (excludes halogenated alkanes) is 6. The van der Waals surface area contributed by atoms with Gasteiger partial charge >= 0.3 is 30.0 Å². The van der Waals surface area contributed by atoms with E-state index in [4.69, 9.17) is 0 Å². The Morgan fingerprint density at radius 1 is 0.812 bits per heavy atom. The molecule has 0 unspecified atom stereocenters. The van der Waals surface area contributed by atoms with Gasteiger partial charge in [0.2, 0.25) is 0 Å². The summed E-state index contributed by atoms with van der Waals surface area (Å²) in [5.41, 5.74) is 0. The maximum absolute atomic E-state index is 4.23. The first-order valence-corrected chi connectivity index (χ1v) is 13.9. The summed E-state index contributed by atoms with van der Waals surface area (Å²) < 4.78 is 0. The molecule has 0 aliphatic heterocycles. The Bertz CT molecular complexity index is 94.9. The Hall–Kier alpha value is 1.10. The van der Waals surface area contributed by atoms with Crippen molar-refractivity contribution in [3.8, 4) is 0 Å². The minimum atomic E-state index is 0.726. The Morgan fingerprint density at radius 2 is 1.19 bits per heavy atom. The van der Waals surface area contributed by atoms with Gasteiger partial charge in [-0.3, -0.25) is 0 Å². The van der Waals surface area contributed by atoms with E-state index in [2.05, 4.69) is 34.4 Å². The molecule has 2 heteroatoms. The van der Waals surface area contributed by atoms with E-state index in [1.807, 2.05) is 0 Å². The van der Waals surface area contributed by atoms with Crippen LogP contribution in [0.1, 0.15) is 78.1 Å². The number of rotatable bonds is 10. The molecule has 0 bridgehead atoms. The van der Waals surface area contributed by atoms with Crippen LogP contribution in [0.25, 0.3) is 0 Å². The normalized spacial score (nSPS) is 10.2. The quantitative estimate of drug-likeness (QED) is 0.251. The third kappa shape index (κ3) is 17.5. The first-order valence-electron chi connectivity index (χ1n) is 6.91. The Morgan fingerprint density at radius 3 is 1.50 bits per heavy atom. The summed E-state index contributed by atoms with van der Waals surface area (Å²) in [6.07, 6.45) is 13.8. The average molecular weight is 343 g/mol. The molecule has 0 spiro atoms. The first-order chi connectivity index (χ1) is 7.81. The van der Waals surface area contributed by atoms with E-state index in [1.54, 1.807) is 0 Å². The second-order valence-electron chi connectivity index (χ2n) is 4.56. The molecule has 0 saturated heterocycles. The predicted molar refractivity (Wildman–Crippen MR) is 75.3 cm³/mol. The zero-order chi connectivity index (χ0) is 12.6. The van der Waals surface area contributed by atoms with Crippen molar-refractivity contribution in [1.82, 2.24) is 0 Å². The summed E-state index contributed by atoms with van der Waals surface area (Å²) in [5, 5.41) is 0. The topological polar surface area (TPSA) is 0 Å². The molecule has 0 aliphatic rings. The van der Waals surface area contributed by atoms with Crippen LogP contribution in [-0.2, 0) is 16.3 Å². The van der Waals surface area contributed by atoms with Crippen molar-refractivity contribution in [2.45, 2.75) is 78.1 Å². The van der Waals surface area contributed by atoms with Crippen molar-refractivity contribution in [3.63, 3.8) is 0 Å². The van der Waals surface area contributed by atoms with Gasteiger partial charge in [-0.1, -0.05) is 78.1 Å². The molecule has 0 N–H and O–H groups in total. The van der Waals surface area contributed by atoms with Crippen molar-refractivity contribution in [2.75, 3.05) is 0 Å². The monoisotopic (exact) mass is 340 g/mol. The molecule has 0 saturated carbocycles. The Balaban J connectivity index is 0. The van der Waals surface area contributed by atoms with E-state index in [0.717, 1.165) is 5.92 Å². The van der Waals surface area contributed by atoms with Gasteiger partial charge in [0.15, 0.2) is 0 Å². The van der Waals surface area contributed by atoms with Crippen molar-refractivity contribution >= 4 is 13.6 Å². The average Bonchev–Trinajstić information content (AvgIpc) is 2.33. The number of hydrogen-bond donors (Lipinski definition) is 0. The van der Waals surface area contributed by atoms with Gasteiger partial charge < -0.3 is 6.92 Å². The molecular weight excluding hydrogens is 313 g/mol. The van der Waals surface area contributed by atoms with Crippen LogP contribution in [0.4, 0.5) is 0 Å². The summed E-state index contributed by atoms with van der Waals surface area (Å²) in [6, 6.07) is 0. The van der Waals surface area contributed by atoms with Gasteiger partial charge in [-0.2, -0.15) is 5.92 Å². The summed E-state index contributed by atoms with van der Waals surface area (Å²) >= 11 is 4.25. The SMILES string of the molecule is [CH2-]C(CCCCCC)CCCCCC.[Zn+][Br]. The standard InChI is InChI=1S/C14H29.BrH.Zn/c1-4-6-8-10-12-14(3)13-11-9-7-5-2;;/h14H,3-13H2,1-2H3;1H;/q-1;;+2/p-1. The van der Waals surface area contributed by atoms with Crippen LogP contribution in [0.3, 0.4) is 0 Å². The number of hydrogen-bond acceptors (Lipinski definition) is 0. The summed E-state index contributed by atoms with van der Waals surface area (Å²) in [5.74, 6) is 0.726. The third-order valence-electron chi connectivity index (χ3n) is 2.93. The molecule has 16 heavy (non-hydrogen) atoms. The molecule has 0 aliphatic carbocycles. The van der Waals surface area contributed by atoms with E-state index in [-0.39, 0.29) is 0 Å². The molecular formula is C14H29BrZn. The molecule has 0 rings (SSSR count). The Kier molecular flexibility index (Phi) is 22.4. The zero-order valence-corrected chi connectivity index (χ0v) is 16.0. The van der Waals surface area contributed by atoms with Gasteiger partial charge in [0.1, 0.15) is 0 Å². The molecule has 0 radical (unpaired) electrons. The summed E-state index contributed by atoms with van der Waals surface area (Å²) in [6.45, 7) is 8.77. The second kappa shape index (κ2) is 18.5. The molecule has 0 nitrogen and oxygen atoms in total. The molecule has 0 heterocycles. The van der Waals surface area contributed by atoms with Crippen LogP contribution in [0, 0.1) is 12.8 Å². The van der Waals surface area contributed by atoms with Crippen LogP contribution in [0.15, 0.2) is 0 Å². The summed E-state index contributed by atoms with van der Waals surface area (Å²) in [4.78, 5) is 0. The molecule has 0 aromatic heterocycles. The van der Waals surface area contributed by atoms with Gasteiger partial charge in [-0.25, -0.2) is 0 Å². The predicted octanol–water partition coefficient (Wildman–Crippen LogP) is 6.22. The van der Waals surface area contributed by atoms with Gasteiger partial charge in [-0.15, -0.1) is 0 Å². The molecule has 0 fully saturated rings. The van der Waals surface area contributed by atoms with Crippen LogP contribution >= 0.6 is 13.6 Å². The van der Waals surface area contributed by atoms with Crippen LogP contribution in [0.2, 0.25) is 0 Å². The second-order valence-corrected chi connectivity index (χ2v) is 4.56.